The minimum Gasteiger partial charge on any atom is -0.492 e. The third-order valence-corrected chi connectivity index (χ3v) is 6.15. The predicted molar refractivity (Wildman–Crippen MR) is 132 cm³/mol. The zero-order chi connectivity index (χ0) is 25.5. The van der Waals surface area contributed by atoms with E-state index in [1.54, 1.807) is 24.2 Å². The summed E-state index contributed by atoms with van der Waals surface area (Å²) in [5.74, 6) is 0.536. The summed E-state index contributed by atoms with van der Waals surface area (Å²) in [5, 5.41) is 10.2. The van der Waals surface area contributed by atoms with Gasteiger partial charge < -0.3 is 20.3 Å². The van der Waals surface area contributed by atoms with E-state index in [9.17, 15) is 14.0 Å². The average Bonchev–Trinajstić information content (AvgIpc) is 3.49. The molecule has 3 aromatic rings. The topological polar surface area (TPSA) is 114 Å². The summed E-state index contributed by atoms with van der Waals surface area (Å²) in [7, 11) is 1.71. The van der Waals surface area contributed by atoms with Crippen LogP contribution in [0.1, 0.15) is 24.8 Å². The second kappa shape index (κ2) is 11.6. The van der Waals surface area contributed by atoms with Crippen LogP contribution in [0.3, 0.4) is 0 Å². The number of carbonyl (C=O) groups is 2. The highest BCUT2D eigenvalue weighted by Crippen LogP contribution is 2.29. The first-order valence-corrected chi connectivity index (χ1v) is 11.9. The Labute approximate surface area is 208 Å². The van der Waals surface area contributed by atoms with E-state index in [0.717, 1.165) is 24.2 Å². The standard InChI is InChI=1S/C25H30FN7O3/c1-17-6-8-19(9-7-17)36-13-12-32(2)23(34)16-33-15-18(14-28-33)29-24(35)20-4-3-5-21(20)30-22-10-11-27-25(26)31-22/h6-11,14-15,20-21H,3-5,12-13,16H2,1-2H3,(H,29,35)(H,27,30,31). The molecule has 1 aromatic carbocycles. The van der Waals surface area contributed by atoms with Crippen LogP contribution in [0.4, 0.5) is 15.9 Å². The van der Waals surface area contributed by atoms with Gasteiger partial charge in [0.2, 0.25) is 11.8 Å². The molecule has 4 rings (SSSR count). The van der Waals surface area contributed by atoms with Crippen molar-refractivity contribution in [2.75, 3.05) is 30.8 Å². The number of nitrogens with one attached hydrogen (secondary N) is 2. The molecule has 190 valence electrons. The Morgan fingerprint density at radius 3 is 2.81 bits per heavy atom. The van der Waals surface area contributed by atoms with Crippen LogP contribution in [-0.4, -0.2) is 62.7 Å². The first-order chi connectivity index (χ1) is 17.4. The van der Waals surface area contributed by atoms with Crippen LogP contribution in [0.5, 0.6) is 5.75 Å². The summed E-state index contributed by atoms with van der Waals surface area (Å²) in [5.41, 5.74) is 1.67. The maximum Gasteiger partial charge on any atom is 0.310 e. The smallest absolute Gasteiger partial charge is 0.310 e. The zero-order valence-electron chi connectivity index (χ0n) is 20.4. The lowest BCUT2D eigenvalue weighted by atomic mass is 10.0. The van der Waals surface area contributed by atoms with Gasteiger partial charge in [0.25, 0.3) is 0 Å². The van der Waals surface area contributed by atoms with E-state index in [4.69, 9.17) is 4.74 Å². The Morgan fingerprint density at radius 1 is 1.22 bits per heavy atom. The third kappa shape index (κ3) is 6.77. The van der Waals surface area contributed by atoms with Crippen molar-refractivity contribution < 1.29 is 18.7 Å². The number of hydrogen-bond donors (Lipinski definition) is 2. The number of halogens is 1. The first-order valence-electron chi connectivity index (χ1n) is 11.9. The number of rotatable bonds is 10. The number of hydrogen-bond acceptors (Lipinski definition) is 7. The van der Waals surface area contributed by atoms with Gasteiger partial charge in [0.1, 0.15) is 24.7 Å². The quantitative estimate of drug-likeness (QED) is 0.416. The van der Waals surface area contributed by atoms with Gasteiger partial charge in [-0.1, -0.05) is 24.1 Å². The monoisotopic (exact) mass is 495 g/mol. The van der Waals surface area contributed by atoms with E-state index in [0.29, 0.717) is 31.1 Å². The number of carbonyl (C=O) groups excluding carboxylic acids is 2. The van der Waals surface area contributed by atoms with Crippen molar-refractivity contribution in [3.63, 3.8) is 0 Å². The number of aromatic nitrogens is 4. The van der Waals surface area contributed by atoms with Gasteiger partial charge in [0.15, 0.2) is 0 Å². The molecule has 36 heavy (non-hydrogen) atoms. The molecule has 2 N–H and O–H groups in total. The van der Waals surface area contributed by atoms with Gasteiger partial charge in [-0.25, -0.2) is 4.98 Å². The third-order valence-electron chi connectivity index (χ3n) is 6.15. The fraction of sp³-hybridized carbons (Fsp3) is 0.400. The molecule has 1 aliphatic rings. The number of benzene rings is 1. The SMILES string of the molecule is Cc1ccc(OCCN(C)C(=O)Cn2cc(NC(=O)C3CCCC3Nc3ccnc(F)n3)cn2)cc1. The summed E-state index contributed by atoms with van der Waals surface area (Å²) in [6.45, 7) is 2.87. The summed E-state index contributed by atoms with van der Waals surface area (Å²) < 4.78 is 20.5. The van der Waals surface area contributed by atoms with Crippen LogP contribution in [0.2, 0.25) is 0 Å². The highest BCUT2D eigenvalue weighted by molar-refractivity contribution is 5.93. The van der Waals surface area contributed by atoms with Gasteiger partial charge in [-0.15, -0.1) is 0 Å². The Hall–Kier alpha value is -4.02. The number of aryl methyl sites for hydroxylation is 1. The average molecular weight is 496 g/mol. The van der Waals surface area contributed by atoms with Crippen LogP contribution < -0.4 is 15.4 Å². The molecular formula is C25H30FN7O3. The zero-order valence-corrected chi connectivity index (χ0v) is 20.4. The molecule has 2 unspecified atom stereocenters. The number of nitrogens with zero attached hydrogens (tertiary/aromatic N) is 5. The molecule has 0 spiro atoms. The fourth-order valence-corrected chi connectivity index (χ4v) is 4.12. The van der Waals surface area contributed by atoms with Gasteiger partial charge in [0.05, 0.1) is 24.3 Å². The van der Waals surface area contributed by atoms with Gasteiger partial charge in [-0.3, -0.25) is 14.3 Å². The van der Waals surface area contributed by atoms with Crippen molar-refractivity contribution in [1.82, 2.24) is 24.6 Å². The largest absolute Gasteiger partial charge is 0.492 e. The van der Waals surface area contributed by atoms with E-state index in [1.165, 1.54) is 17.1 Å². The predicted octanol–water partition coefficient (Wildman–Crippen LogP) is 2.88. The van der Waals surface area contributed by atoms with Gasteiger partial charge in [0, 0.05) is 25.5 Å². The van der Waals surface area contributed by atoms with Crippen LogP contribution in [0, 0.1) is 18.9 Å². The normalized spacial score (nSPS) is 17.0. The molecule has 0 saturated heterocycles. The molecule has 1 aliphatic carbocycles. The molecule has 2 aromatic heterocycles. The molecule has 11 heteroatoms. The second-order valence-corrected chi connectivity index (χ2v) is 8.89. The Balaban J connectivity index is 1.24. The van der Waals surface area contributed by atoms with Crippen molar-refractivity contribution in [2.45, 2.75) is 38.8 Å². The highest BCUT2D eigenvalue weighted by atomic mass is 19.1. The summed E-state index contributed by atoms with van der Waals surface area (Å²) in [6.07, 6.45) is 6.02. The van der Waals surface area contributed by atoms with Gasteiger partial charge >= 0.3 is 6.08 Å². The van der Waals surface area contributed by atoms with Crippen molar-refractivity contribution in [3.8, 4) is 5.75 Å². The van der Waals surface area contributed by atoms with Crippen LogP contribution in [-0.2, 0) is 16.1 Å². The number of anilines is 2. The molecular weight excluding hydrogens is 465 g/mol. The van der Waals surface area contributed by atoms with E-state index in [2.05, 4.69) is 25.7 Å². The minimum atomic E-state index is -0.814. The second-order valence-electron chi connectivity index (χ2n) is 8.89. The van der Waals surface area contributed by atoms with Crippen molar-refractivity contribution in [1.29, 1.82) is 0 Å². The minimum absolute atomic E-state index is 0.0454. The number of amides is 2. The van der Waals surface area contributed by atoms with Crippen molar-refractivity contribution in [2.24, 2.45) is 5.92 Å². The summed E-state index contributed by atoms with van der Waals surface area (Å²) in [4.78, 5) is 34.2. The van der Waals surface area contributed by atoms with Crippen LogP contribution >= 0.6 is 0 Å². The molecule has 0 aliphatic heterocycles. The Morgan fingerprint density at radius 2 is 2.03 bits per heavy atom. The lowest BCUT2D eigenvalue weighted by molar-refractivity contribution is -0.131. The van der Waals surface area contributed by atoms with Crippen molar-refractivity contribution in [3.05, 3.63) is 60.6 Å². The van der Waals surface area contributed by atoms with Crippen LogP contribution in [0.15, 0.2) is 48.9 Å². The van der Waals surface area contributed by atoms with Gasteiger partial charge in [-0.05, 0) is 38.0 Å². The highest BCUT2D eigenvalue weighted by Gasteiger charge is 2.33. The Kier molecular flexibility index (Phi) is 8.09. The van der Waals surface area contributed by atoms with Crippen LogP contribution in [0.25, 0.3) is 0 Å². The van der Waals surface area contributed by atoms with E-state index < -0.39 is 6.08 Å². The molecule has 1 fully saturated rings. The van der Waals surface area contributed by atoms with E-state index >= 15 is 0 Å². The lowest BCUT2D eigenvalue weighted by Gasteiger charge is -2.20. The molecule has 10 nitrogen and oxygen atoms in total. The number of likely N-dealkylation sites (N-methyl/N-ethyl adjacent to an activating group) is 1. The maximum atomic E-state index is 13.3. The molecule has 0 bridgehead atoms. The Bertz CT molecular complexity index is 1180. The molecule has 2 atom stereocenters. The molecule has 0 radical (unpaired) electrons. The van der Waals surface area contributed by atoms with Gasteiger partial charge in [-0.2, -0.15) is 14.5 Å². The summed E-state index contributed by atoms with van der Waals surface area (Å²) in [6, 6.07) is 9.16. The molecule has 2 heterocycles. The summed E-state index contributed by atoms with van der Waals surface area (Å²) >= 11 is 0. The maximum absolute atomic E-state index is 13.3. The number of ether oxygens (including phenoxy) is 1. The van der Waals surface area contributed by atoms with Crippen molar-refractivity contribution >= 4 is 23.3 Å². The molecule has 1 saturated carbocycles. The fourth-order valence-electron chi connectivity index (χ4n) is 4.12. The first kappa shape index (κ1) is 25.1. The lowest BCUT2D eigenvalue weighted by Crippen LogP contribution is -2.34. The van der Waals surface area contributed by atoms with E-state index in [-0.39, 0.29) is 30.3 Å². The van der Waals surface area contributed by atoms with E-state index in [1.807, 2.05) is 31.2 Å². The molecule has 2 amide bonds.